The zero-order valence-electron chi connectivity index (χ0n) is 30.5. The molecule has 0 radical (unpaired) electrons. The van der Waals surface area contributed by atoms with Crippen LogP contribution in [0.3, 0.4) is 0 Å². The number of methoxy groups -OCH3 is 1. The van der Waals surface area contributed by atoms with Crippen molar-refractivity contribution in [3.8, 4) is 5.75 Å². The van der Waals surface area contributed by atoms with Gasteiger partial charge in [-0.15, -0.1) is 0 Å². The number of carbonyl (C=O) groups excluding carboxylic acids is 2. The molecule has 0 aromatic heterocycles. The molecule has 2 aliphatic rings. The summed E-state index contributed by atoms with van der Waals surface area (Å²) in [4.78, 5) is 30.0. The van der Waals surface area contributed by atoms with Crippen LogP contribution < -0.4 is 10.1 Å². The van der Waals surface area contributed by atoms with Crippen LogP contribution in [-0.4, -0.2) is 85.3 Å². The van der Waals surface area contributed by atoms with E-state index in [0.29, 0.717) is 64.3 Å². The van der Waals surface area contributed by atoms with Crippen molar-refractivity contribution in [2.24, 2.45) is 11.8 Å². The number of hydrogen-bond acceptors (Lipinski definition) is 7. The predicted octanol–water partition coefficient (Wildman–Crippen LogP) is 5.12. The summed E-state index contributed by atoms with van der Waals surface area (Å²) in [7, 11) is 1.63. The average molecular weight is 721 g/mol. The van der Waals surface area contributed by atoms with Gasteiger partial charge in [0.25, 0.3) is 0 Å². The fraction of sp³-hybridized carbons (Fsp3) is 0.409. The van der Waals surface area contributed by atoms with Gasteiger partial charge in [-0.3, -0.25) is 9.59 Å². The molecule has 4 aromatic carbocycles. The maximum absolute atomic E-state index is 14.1. The molecule has 1 heterocycles. The molecule has 53 heavy (non-hydrogen) atoms. The summed E-state index contributed by atoms with van der Waals surface area (Å²) in [6.45, 7) is 2.02. The maximum atomic E-state index is 14.1. The molecule has 2 amide bonds. The minimum Gasteiger partial charge on any atom is -0.491 e. The Morgan fingerprint density at radius 1 is 0.830 bits per heavy atom. The van der Waals surface area contributed by atoms with Gasteiger partial charge in [-0.2, -0.15) is 0 Å². The molecule has 1 aliphatic heterocycles. The lowest BCUT2D eigenvalue weighted by molar-refractivity contribution is -0.133. The molecule has 4 aromatic rings. The van der Waals surface area contributed by atoms with Gasteiger partial charge in [0, 0.05) is 38.0 Å². The van der Waals surface area contributed by atoms with Crippen molar-refractivity contribution in [2.75, 3.05) is 40.1 Å². The van der Waals surface area contributed by atoms with E-state index in [1.54, 1.807) is 7.11 Å². The maximum Gasteiger partial charge on any atom is 0.226 e. The fourth-order valence-electron chi connectivity index (χ4n) is 7.76. The Bertz CT molecular complexity index is 1740. The normalized spacial score (nSPS) is 20.6. The number of aliphatic hydroxyl groups excluding tert-OH is 2. The molecular weight excluding hydrogens is 668 g/mol. The van der Waals surface area contributed by atoms with Crippen LogP contribution in [0.4, 0.5) is 0 Å². The number of fused-ring (bicyclic) bond motifs is 1. The molecule has 0 bridgehead atoms. The third-order valence-electron chi connectivity index (χ3n) is 10.4. The van der Waals surface area contributed by atoms with Gasteiger partial charge >= 0.3 is 0 Å². The molecule has 6 rings (SSSR count). The number of benzene rings is 4. The number of nitrogens with one attached hydrogen (secondary N) is 1. The highest BCUT2D eigenvalue weighted by molar-refractivity contribution is 5.82. The standard InChI is InChI=1S/C44H52N2O7/c1-51-20-21-52-22-23-53-39-18-16-33(17-19-39)24-35(43(49)45-42-40-15-9-8-14-34(40)29-41(42)48)28-38(47)30-46-37(26-32-12-6-3-7-13-32)27-36(44(46)50)25-31-10-4-2-5-11-31/h2-19,35-38,41-42,47-48H,20-30H2,1H3,(H,45,49)/t35-,36-,37-,38-,41+,42-/m0/s1. The number of amides is 2. The highest BCUT2D eigenvalue weighted by Gasteiger charge is 2.41. The largest absolute Gasteiger partial charge is 0.491 e. The van der Waals surface area contributed by atoms with Crippen LogP contribution in [0.2, 0.25) is 0 Å². The zero-order valence-corrected chi connectivity index (χ0v) is 30.5. The van der Waals surface area contributed by atoms with Crippen molar-refractivity contribution in [1.82, 2.24) is 10.2 Å². The number of ether oxygens (including phenoxy) is 3. The SMILES string of the molecule is COCCOCCOc1ccc(C[C@@H](C[C@H](O)CN2C(=O)[C@@H](Cc3ccccc3)C[C@@H]2Cc2ccccc2)C(=O)N[C@H]2c3ccccc3C[C@H]2O)cc1. The Morgan fingerprint density at radius 2 is 1.49 bits per heavy atom. The Labute approximate surface area is 312 Å². The summed E-state index contributed by atoms with van der Waals surface area (Å²) in [6.07, 6.45) is 1.35. The summed E-state index contributed by atoms with van der Waals surface area (Å²) in [6, 6.07) is 35.0. The van der Waals surface area contributed by atoms with Gasteiger partial charge in [0.15, 0.2) is 0 Å². The molecule has 280 valence electrons. The monoisotopic (exact) mass is 720 g/mol. The number of hydrogen-bond donors (Lipinski definition) is 3. The van der Waals surface area contributed by atoms with Crippen LogP contribution in [-0.2, 0) is 44.7 Å². The first-order valence-corrected chi connectivity index (χ1v) is 18.8. The van der Waals surface area contributed by atoms with E-state index in [1.165, 1.54) is 0 Å². The van der Waals surface area contributed by atoms with E-state index in [4.69, 9.17) is 14.2 Å². The van der Waals surface area contributed by atoms with Gasteiger partial charge in [0.05, 0.1) is 38.1 Å². The van der Waals surface area contributed by atoms with E-state index in [0.717, 1.165) is 27.8 Å². The molecule has 9 nitrogen and oxygen atoms in total. The lowest BCUT2D eigenvalue weighted by atomic mass is 9.91. The van der Waals surface area contributed by atoms with Gasteiger partial charge in [0.1, 0.15) is 12.4 Å². The van der Waals surface area contributed by atoms with Crippen LogP contribution in [0.5, 0.6) is 5.75 Å². The summed E-state index contributed by atoms with van der Waals surface area (Å²) in [5.74, 6) is -0.303. The van der Waals surface area contributed by atoms with Crippen molar-refractivity contribution < 1.29 is 34.0 Å². The van der Waals surface area contributed by atoms with Crippen molar-refractivity contribution >= 4 is 11.8 Å². The highest BCUT2D eigenvalue weighted by Crippen LogP contribution is 2.33. The molecule has 1 aliphatic carbocycles. The topological polar surface area (TPSA) is 118 Å². The van der Waals surface area contributed by atoms with Gasteiger partial charge in [0.2, 0.25) is 11.8 Å². The number of likely N-dealkylation sites (tertiary alicyclic amines) is 1. The van der Waals surface area contributed by atoms with Crippen molar-refractivity contribution in [1.29, 1.82) is 0 Å². The van der Waals surface area contributed by atoms with Gasteiger partial charge < -0.3 is 34.6 Å². The van der Waals surface area contributed by atoms with Gasteiger partial charge in [-0.25, -0.2) is 0 Å². The Hall–Kier alpha value is -4.54. The van der Waals surface area contributed by atoms with Crippen LogP contribution in [0.15, 0.2) is 109 Å². The van der Waals surface area contributed by atoms with E-state index in [9.17, 15) is 19.8 Å². The summed E-state index contributed by atoms with van der Waals surface area (Å²) in [5, 5.41) is 25.8. The molecule has 9 heteroatoms. The Kier molecular flexibility index (Phi) is 13.7. The van der Waals surface area contributed by atoms with E-state index in [2.05, 4.69) is 29.6 Å². The highest BCUT2D eigenvalue weighted by atomic mass is 16.5. The summed E-state index contributed by atoms with van der Waals surface area (Å²) >= 11 is 0. The average Bonchev–Trinajstić information content (AvgIpc) is 3.64. The molecule has 6 atom stereocenters. The van der Waals surface area contributed by atoms with Crippen LogP contribution in [0.25, 0.3) is 0 Å². The van der Waals surface area contributed by atoms with Crippen LogP contribution >= 0.6 is 0 Å². The van der Waals surface area contributed by atoms with Crippen molar-refractivity contribution in [3.63, 3.8) is 0 Å². The molecule has 1 saturated heterocycles. The first-order valence-electron chi connectivity index (χ1n) is 18.8. The molecular formula is C44H52N2O7. The third kappa shape index (κ3) is 10.5. The summed E-state index contributed by atoms with van der Waals surface area (Å²) in [5.41, 5.74) is 5.10. The number of β-amino-alcohol motifs (C(OH)–C–C–N with tert-alkyl or cyclic N) is 1. The quantitative estimate of drug-likeness (QED) is 0.115. The molecule has 0 saturated carbocycles. The fourth-order valence-corrected chi connectivity index (χ4v) is 7.76. The van der Waals surface area contributed by atoms with E-state index in [1.807, 2.05) is 89.8 Å². The Morgan fingerprint density at radius 3 is 2.21 bits per heavy atom. The van der Waals surface area contributed by atoms with Gasteiger partial charge in [-0.1, -0.05) is 97.1 Å². The van der Waals surface area contributed by atoms with Crippen molar-refractivity contribution in [2.45, 2.75) is 62.8 Å². The van der Waals surface area contributed by atoms with Crippen molar-refractivity contribution in [3.05, 3.63) is 137 Å². The first kappa shape index (κ1) is 38.2. The lowest BCUT2D eigenvalue weighted by Crippen LogP contribution is -2.43. The third-order valence-corrected chi connectivity index (χ3v) is 10.4. The second-order valence-corrected chi connectivity index (χ2v) is 14.3. The molecule has 0 spiro atoms. The van der Waals surface area contributed by atoms with E-state index >= 15 is 0 Å². The van der Waals surface area contributed by atoms with E-state index in [-0.39, 0.29) is 36.7 Å². The van der Waals surface area contributed by atoms with Crippen LogP contribution in [0, 0.1) is 11.8 Å². The minimum absolute atomic E-state index is 0.0419. The second-order valence-electron chi connectivity index (χ2n) is 14.3. The molecule has 0 unspecified atom stereocenters. The molecule has 3 N–H and O–H groups in total. The summed E-state index contributed by atoms with van der Waals surface area (Å²) < 4.78 is 16.3. The van der Waals surface area contributed by atoms with Gasteiger partial charge in [-0.05, 0) is 72.1 Å². The number of rotatable bonds is 19. The van der Waals surface area contributed by atoms with E-state index < -0.39 is 24.2 Å². The number of nitrogens with zero attached hydrogens (tertiary/aromatic N) is 1. The lowest BCUT2D eigenvalue weighted by Gasteiger charge is -2.29. The number of aliphatic hydroxyl groups is 2. The number of carbonyl (C=O) groups is 2. The predicted molar refractivity (Wildman–Crippen MR) is 203 cm³/mol. The second kappa shape index (κ2) is 19.0. The Balaban J connectivity index is 1.16. The van der Waals surface area contributed by atoms with Crippen LogP contribution in [0.1, 0.15) is 46.7 Å². The minimum atomic E-state index is -0.940. The zero-order chi connectivity index (χ0) is 37.0. The molecule has 1 fully saturated rings. The first-order chi connectivity index (χ1) is 25.9. The smallest absolute Gasteiger partial charge is 0.226 e.